The summed E-state index contributed by atoms with van der Waals surface area (Å²) in [4.78, 5) is 33.5. The number of hydrogen-bond acceptors (Lipinski definition) is 6. The molecule has 24 heavy (non-hydrogen) atoms. The van der Waals surface area contributed by atoms with E-state index < -0.39 is 23.4 Å². The molecule has 9 heteroatoms. The highest BCUT2D eigenvalue weighted by molar-refractivity contribution is 7.08. The van der Waals surface area contributed by atoms with E-state index in [4.69, 9.17) is 16.3 Å². The monoisotopic (exact) mass is 366 g/mol. The molecule has 2 aromatic rings. The minimum absolute atomic E-state index is 0.0673. The third-order valence-electron chi connectivity index (χ3n) is 2.73. The molecule has 7 nitrogen and oxygen atoms in total. The normalized spacial score (nSPS) is 10.5. The van der Waals surface area contributed by atoms with Crippen LogP contribution in [0.25, 0.3) is 6.08 Å². The largest absolute Gasteiger partial charge is 0.452 e. The minimum atomic E-state index is -0.711. The summed E-state index contributed by atoms with van der Waals surface area (Å²) in [6.45, 7) is -0.573. The van der Waals surface area contributed by atoms with Crippen molar-refractivity contribution in [1.82, 2.24) is 0 Å². The number of thiophene rings is 1. The lowest BCUT2D eigenvalue weighted by atomic mass is 10.2. The summed E-state index contributed by atoms with van der Waals surface area (Å²) in [5.41, 5.74) is 0.467. The molecule has 1 N–H and O–H groups in total. The Bertz CT molecular complexity index is 789. The average molecular weight is 367 g/mol. The maximum Gasteiger partial charge on any atom is 0.331 e. The van der Waals surface area contributed by atoms with E-state index in [0.29, 0.717) is 0 Å². The van der Waals surface area contributed by atoms with E-state index >= 15 is 0 Å². The van der Waals surface area contributed by atoms with Crippen LogP contribution in [0.5, 0.6) is 0 Å². The van der Waals surface area contributed by atoms with Gasteiger partial charge in [0.25, 0.3) is 11.6 Å². The Labute approximate surface area is 145 Å². The van der Waals surface area contributed by atoms with Crippen molar-refractivity contribution in [2.75, 3.05) is 11.9 Å². The number of anilines is 1. The van der Waals surface area contributed by atoms with Crippen molar-refractivity contribution in [3.8, 4) is 0 Å². The molecule has 1 heterocycles. The van der Waals surface area contributed by atoms with Gasteiger partial charge in [-0.3, -0.25) is 14.9 Å². The first-order valence-electron chi connectivity index (χ1n) is 6.56. The van der Waals surface area contributed by atoms with Gasteiger partial charge in [-0.1, -0.05) is 11.6 Å². The number of hydrogen-bond donors (Lipinski definition) is 1. The van der Waals surface area contributed by atoms with E-state index in [-0.39, 0.29) is 16.4 Å². The second kappa shape index (κ2) is 8.23. The lowest BCUT2D eigenvalue weighted by Crippen LogP contribution is -2.20. The Morgan fingerprint density at radius 2 is 2.17 bits per heavy atom. The van der Waals surface area contributed by atoms with Crippen LogP contribution in [0.3, 0.4) is 0 Å². The summed E-state index contributed by atoms with van der Waals surface area (Å²) in [5.74, 6) is -1.41. The predicted molar refractivity (Wildman–Crippen MR) is 91.0 cm³/mol. The molecular formula is C15H11ClN2O5S. The molecule has 0 radical (unpaired) electrons. The number of nitro groups is 1. The summed E-state index contributed by atoms with van der Waals surface area (Å²) >= 11 is 7.24. The van der Waals surface area contributed by atoms with Crippen LogP contribution in [0.1, 0.15) is 5.56 Å². The minimum Gasteiger partial charge on any atom is -0.452 e. The Hall–Kier alpha value is -2.71. The molecule has 0 unspecified atom stereocenters. The number of halogens is 1. The summed E-state index contributed by atoms with van der Waals surface area (Å²) in [6, 6.07) is 5.58. The van der Waals surface area contributed by atoms with Gasteiger partial charge in [-0.15, -0.1) is 0 Å². The lowest BCUT2D eigenvalue weighted by Gasteiger charge is -2.06. The molecule has 0 saturated carbocycles. The molecule has 0 aliphatic rings. The van der Waals surface area contributed by atoms with E-state index in [9.17, 15) is 19.7 Å². The maximum absolute atomic E-state index is 11.8. The SMILES string of the molecule is O=C(COC(=O)/C=C/c1ccsc1)Nc1cc(Cl)ccc1[N+](=O)[O-]. The van der Waals surface area contributed by atoms with Gasteiger partial charge >= 0.3 is 5.97 Å². The molecule has 0 aliphatic heterocycles. The molecule has 0 bridgehead atoms. The topological polar surface area (TPSA) is 98.5 Å². The smallest absolute Gasteiger partial charge is 0.331 e. The highest BCUT2D eigenvalue weighted by atomic mass is 35.5. The number of nitrogens with one attached hydrogen (secondary N) is 1. The van der Waals surface area contributed by atoms with Crippen LogP contribution in [0.15, 0.2) is 41.1 Å². The van der Waals surface area contributed by atoms with Crippen molar-refractivity contribution in [1.29, 1.82) is 0 Å². The molecular weight excluding hydrogens is 356 g/mol. The summed E-state index contributed by atoms with van der Waals surface area (Å²) in [7, 11) is 0. The van der Waals surface area contributed by atoms with Crippen molar-refractivity contribution in [3.63, 3.8) is 0 Å². The number of ether oxygens (including phenoxy) is 1. The average Bonchev–Trinajstić information content (AvgIpc) is 3.04. The van der Waals surface area contributed by atoms with Crippen LogP contribution in [0.2, 0.25) is 5.02 Å². The highest BCUT2D eigenvalue weighted by Crippen LogP contribution is 2.27. The number of amides is 1. The maximum atomic E-state index is 11.8. The molecule has 124 valence electrons. The Morgan fingerprint density at radius 1 is 1.38 bits per heavy atom. The Kier molecular flexibility index (Phi) is 6.05. The van der Waals surface area contributed by atoms with Gasteiger partial charge in [-0.05, 0) is 40.6 Å². The number of esters is 1. The van der Waals surface area contributed by atoms with E-state index in [2.05, 4.69) is 5.32 Å². The van der Waals surface area contributed by atoms with E-state index in [1.165, 1.54) is 35.6 Å². The number of carbonyl (C=O) groups excluding carboxylic acids is 2. The number of benzene rings is 1. The molecule has 0 atom stereocenters. The van der Waals surface area contributed by atoms with Crippen LogP contribution in [0.4, 0.5) is 11.4 Å². The fourth-order valence-electron chi connectivity index (χ4n) is 1.67. The van der Waals surface area contributed by atoms with Crippen LogP contribution in [0, 0.1) is 10.1 Å². The number of nitro benzene ring substituents is 1. The number of nitrogens with zero attached hydrogens (tertiary/aromatic N) is 1. The molecule has 2 rings (SSSR count). The third kappa shape index (κ3) is 5.18. The quantitative estimate of drug-likeness (QED) is 0.365. The summed E-state index contributed by atoms with van der Waals surface area (Å²) in [5, 5.41) is 17.1. The molecule has 1 aromatic carbocycles. The number of rotatable bonds is 6. The Morgan fingerprint density at radius 3 is 2.83 bits per heavy atom. The van der Waals surface area contributed by atoms with Crippen molar-refractivity contribution in [3.05, 3.63) is 61.8 Å². The van der Waals surface area contributed by atoms with Crippen molar-refractivity contribution in [2.45, 2.75) is 0 Å². The van der Waals surface area contributed by atoms with Gasteiger partial charge in [-0.2, -0.15) is 11.3 Å². The first-order chi connectivity index (χ1) is 11.5. The van der Waals surface area contributed by atoms with Crippen molar-refractivity contribution < 1.29 is 19.2 Å². The van der Waals surface area contributed by atoms with Gasteiger partial charge in [0.1, 0.15) is 5.69 Å². The number of carbonyl (C=O) groups is 2. The van der Waals surface area contributed by atoms with Crippen LogP contribution in [-0.4, -0.2) is 23.4 Å². The molecule has 1 amide bonds. The van der Waals surface area contributed by atoms with E-state index in [0.717, 1.165) is 5.56 Å². The zero-order valence-electron chi connectivity index (χ0n) is 12.1. The fourth-order valence-corrected chi connectivity index (χ4v) is 2.47. The molecule has 0 saturated heterocycles. The molecule has 0 spiro atoms. The van der Waals surface area contributed by atoms with Crippen molar-refractivity contribution >= 4 is 52.3 Å². The van der Waals surface area contributed by atoms with Gasteiger partial charge < -0.3 is 10.1 Å². The first-order valence-corrected chi connectivity index (χ1v) is 7.88. The van der Waals surface area contributed by atoms with Gasteiger partial charge in [0.15, 0.2) is 6.61 Å². The highest BCUT2D eigenvalue weighted by Gasteiger charge is 2.16. The predicted octanol–water partition coefficient (Wildman–Crippen LogP) is 3.50. The zero-order valence-corrected chi connectivity index (χ0v) is 13.7. The van der Waals surface area contributed by atoms with E-state index in [1.54, 1.807) is 6.08 Å². The second-order valence-corrected chi connectivity index (χ2v) is 5.68. The van der Waals surface area contributed by atoms with Crippen LogP contribution < -0.4 is 5.32 Å². The summed E-state index contributed by atoms with van der Waals surface area (Å²) in [6.07, 6.45) is 2.75. The summed E-state index contributed by atoms with van der Waals surface area (Å²) < 4.78 is 4.77. The van der Waals surface area contributed by atoms with Crippen LogP contribution in [-0.2, 0) is 14.3 Å². The molecule has 0 fully saturated rings. The van der Waals surface area contributed by atoms with Gasteiger partial charge in [0.2, 0.25) is 0 Å². The van der Waals surface area contributed by atoms with Gasteiger partial charge in [0.05, 0.1) is 4.92 Å². The third-order valence-corrected chi connectivity index (χ3v) is 3.67. The standard InChI is InChI=1S/C15H11ClN2O5S/c16-11-2-3-13(18(21)22)12(7-11)17-14(19)8-23-15(20)4-1-10-5-6-24-9-10/h1-7,9H,8H2,(H,17,19)/b4-1+. The van der Waals surface area contributed by atoms with Crippen LogP contribution >= 0.6 is 22.9 Å². The van der Waals surface area contributed by atoms with E-state index in [1.807, 2.05) is 16.8 Å². The molecule has 1 aromatic heterocycles. The van der Waals surface area contributed by atoms with Crippen molar-refractivity contribution in [2.24, 2.45) is 0 Å². The molecule has 0 aliphatic carbocycles. The Balaban J connectivity index is 1.91. The second-order valence-electron chi connectivity index (χ2n) is 4.46. The first kappa shape index (κ1) is 17.6. The van der Waals surface area contributed by atoms with Gasteiger partial charge in [-0.25, -0.2) is 4.79 Å². The van der Waals surface area contributed by atoms with Gasteiger partial charge in [0, 0.05) is 17.2 Å². The lowest BCUT2D eigenvalue weighted by molar-refractivity contribution is -0.383. The zero-order chi connectivity index (χ0) is 17.5. The fraction of sp³-hybridized carbons (Fsp3) is 0.0667.